The van der Waals surface area contributed by atoms with E-state index >= 15 is 0 Å². The van der Waals surface area contributed by atoms with Gasteiger partial charge >= 0.3 is 5.97 Å². The van der Waals surface area contributed by atoms with Gasteiger partial charge < -0.3 is 15.8 Å². The van der Waals surface area contributed by atoms with Gasteiger partial charge in [-0.15, -0.1) is 11.3 Å². The highest BCUT2D eigenvalue weighted by molar-refractivity contribution is 7.12. The lowest BCUT2D eigenvalue weighted by molar-refractivity contribution is -0.120. The second-order valence-electron chi connectivity index (χ2n) is 4.29. The molecule has 0 atom stereocenters. The summed E-state index contributed by atoms with van der Waals surface area (Å²) in [5, 5.41) is 4.44. The molecule has 3 N–H and O–H groups in total. The predicted octanol–water partition coefficient (Wildman–Crippen LogP) is 1.52. The summed E-state index contributed by atoms with van der Waals surface area (Å²) >= 11 is 1.23. The van der Waals surface area contributed by atoms with Crippen molar-refractivity contribution in [2.24, 2.45) is 5.73 Å². The first-order chi connectivity index (χ1) is 7.77. The van der Waals surface area contributed by atoms with Crippen LogP contribution in [0.25, 0.3) is 0 Å². The number of nitrogens with two attached hydrogens (primary N) is 1. The molecule has 0 aromatic carbocycles. The fourth-order valence-electron chi connectivity index (χ4n) is 1.12. The molecule has 0 unspecified atom stereocenters. The van der Waals surface area contributed by atoms with Crippen LogP contribution in [0.3, 0.4) is 0 Å². The molecule has 1 amide bonds. The maximum Gasteiger partial charge on any atom is 0.350 e. The van der Waals surface area contributed by atoms with Gasteiger partial charge in [-0.2, -0.15) is 0 Å². The number of methoxy groups -OCH3 is 1. The Morgan fingerprint density at radius 2 is 2.06 bits per heavy atom. The van der Waals surface area contributed by atoms with Crippen molar-refractivity contribution in [3.63, 3.8) is 0 Å². The number of hydrogen-bond donors (Lipinski definition) is 2. The molecule has 0 spiro atoms. The summed E-state index contributed by atoms with van der Waals surface area (Å²) in [6, 6.07) is 0. The van der Waals surface area contributed by atoms with Crippen molar-refractivity contribution in [3.05, 3.63) is 15.8 Å². The van der Waals surface area contributed by atoms with E-state index in [0.717, 1.165) is 5.56 Å². The minimum Gasteiger partial charge on any atom is -0.465 e. The zero-order valence-corrected chi connectivity index (χ0v) is 11.1. The number of ether oxygens (including phenoxy) is 1. The van der Waals surface area contributed by atoms with Crippen molar-refractivity contribution < 1.29 is 14.3 Å². The van der Waals surface area contributed by atoms with Crippen molar-refractivity contribution >= 4 is 28.9 Å². The van der Waals surface area contributed by atoms with Crippen LogP contribution >= 0.6 is 11.3 Å². The summed E-state index contributed by atoms with van der Waals surface area (Å²) in [6.07, 6.45) is 0. The van der Waals surface area contributed by atoms with Crippen LogP contribution in [0, 0.1) is 6.92 Å². The summed E-state index contributed by atoms with van der Waals surface area (Å²) in [7, 11) is 1.30. The molecule has 0 saturated carbocycles. The number of amides is 1. The van der Waals surface area contributed by atoms with Crippen LogP contribution in [-0.4, -0.2) is 24.5 Å². The molecule has 1 heterocycles. The molecular formula is C11H16N2O3S. The van der Waals surface area contributed by atoms with Crippen molar-refractivity contribution in [2.45, 2.75) is 26.3 Å². The first-order valence-corrected chi connectivity index (χ1v) is 5.92. The van der Waals surface area contributed by atoms with E-state index < -0.39 is 11.5 Å². The molecule has 0 aliphatic carbocycles. The van der Waals surface area contributed by atoms with Gasteiger partial charge in [-0.1, -0.05) is 0 Å². The van der Waals surface area contributed by atoms with Crippen molar-refractivity contribution in [3.8, 4) is 0 Å². The Labute approximate surface area is 104 Å². The van der Waals surface area contributed by atoms with E-state index in [-0.39, 0.29) is 5.91 Å². The molecule has 0 bridgehead atoms. The maximum absolute atomic E-state index is 11.8. The van der Waals surface area contributed by atoms with E-state index in [4.69, 9.17) is 5.73 Å². The van der Waals surface area contributed by atoms with Crippen molar-refractivity contribution in [2.75, 3.05) is 12.4 Å². The third kappa shape index (κ3) is 3.04. The van der Waals surface area contributed by atoms with Gasteiger partial charge in [0.25, 0.3) is 0 Å². The normalized spacial score (nSPS) is 11.1. The Bertz CT molecular complexity index is 446. The molecule has 94 valence electrons. The van der Waals surface area contributed by atoms with E-state index in [0.29, 0.717) is 10.6 Å². The van der Waals surface area contributed by atoms with Gasteiger partial charge in [-0.25, -0.2) is 4.79 Å². The number of rotatable bonds is 3. The molecular weight excluding hydrogens is 240 g/mol. The van der Waals surface area contributed by atoms with Crippen LogP contribution in [0.4, 0.5) is 5.69 Å². The molecule has 0 saturated heterocycles. The number of aryl methyl sites for hydroxylation is 1. The lowest BCUT2D eigenvalue weighted by atomic mass is 10.1. The zero-order valence-electron chi connectivity index (χ0n) is 10.3. The lowest BCUT2D eigenvalue weighted by Crippen LogP contribution is -2.45. The third-order valence-electron chi connectivity index (χ3n) is 2.17. The Kier molecular flexibility index (Phi) is 3.90. The highest BCUT2D eigenvalue weighted by Gasteiger charge is 2.25. The van der Waals surface area contributed by atoms with E-state index in [1.165, 1.54) is 18.4 Å². The minimum absolute atomic E-state index is 0.343. The van der Waals surface area contributed by atoms with Crippen LogP contribution in [0.2, 0.25) is 0 Å². The number of carbonyl (C=O) groups is 2. The molecule has 0 aliphatic rings. The summed E-state index contributed by atoms with van der Waals surface area (Å²) in [5.74, 6) is -0.808. The van der Waals surface area contributed by atoms with E-state index in [1.54, 1.807) is 19.2 Å². The van der Waals surface area contributed by atoms with E-state index in [2.05, 4.69) is 10.1 Å². The van der Waals surface area contributed by atoms with Gasteiger partial charge in [-0.05, 0) is 31.7 Å². The van der Waals surface area contributed by atoms with Crippen molar-refractivity contribution in [1.82, 2.24) is 0 Å². The van der Waals surface area contributed by atoms with Crippen LogP contribution in [-0.2, 0) is 9.53 Å². The fourth-order valence-corrected chi connectivity index (χ4v) is 2.04. The molecule has 5 nitrogen and oxygen atoms in total. The van der Waals surface area contributed by atoms with E-state index in [9.17, 15) is 9.59 Å². The van der Waals surface area contributed by atoms with Gasteiger partial charge in [0.15, 0.2) is 0 Å². The average molecular weight is 256 g/mol. The number of hydrogen-bond acceptors (Lipinski definition) is 5. The van der Waals surface area contributed by atoms with Gasteiger partial charge in [0.05, 0.1) is 18.3 Å². The van der Waals surface area contributed by atoms with E-state index in [1.807, 2.05) is 6.92 Å². The quantitative estimate of drug-likeness (QED) is 0.803. The Morgan fingerprint density at radius 1 is 1.47 bits per heavy atom. The topological polar surface area (TPSA) is 81.4 Å². The SMILES string of the molecule is COC(=O)c1scc(C)c1NC(=O)C(C)(C)N. The minimum atomic E-state index is -0.998. The Balaban J connectivity index is 3.02. The average Bonchev–Trinajstić information content (AvgIpc) is 2.58. The molecule has 6 heteroatoms. The molecule has 0 radical (unpaired) electrons. The largest absolute Gasteiger partial charge is 0.465 e. The van der Waals surface area contributed by atoms with Gasteiger partial charge in [0.1, 0.15) is 4.88 Å². The summed E-state index contributed by atoms with van der Waals surface area (Å²) in [5.41, 5.74) is 5.97. The predicted molar refractivity (Wildman–Crippen MR) is 67.3 cm³/mol. The standard InChI is InChI=1S/C11H16N2O3S/c1-6-5-17-8(9(14)16-4)7(6)13-10(15)11(2,3)12/h5H,12H2,1-4H3,(H,13,15). The second kappa shape index (κ2) is 4.85. The number of carbonyl (C=O) groups excluding carboxylic acids is 2. The number of nitrogens with one attached hydrogen (secondary N) is 1. The first-order valence-electron chi connectivity index (χ1n) is 5.04. The number of thiophene rings is 1. The van der Waals surface area contributed by atoms with Crippen LogP contribution in [0.15, 0.2) is 5.38 Å². The maximum atomic E-state index is 11.8. The van der Waals surface area contributed by atoms with Crippen LogP contribution in [0.1, 0.15) is 29.1 Å². The molecule has 17 heavy (non-hydrogen) atoms. The highest BCUT2D eigenvalue weighted by atomic mass is 32.1. The smallest absolute Gasteiger partial charge is 0.350 e. The zero-order chi connectivity index (χ0) is 13.2. The molecule has 0 aliphatic heterocycles. The molecule has 1 aromatic rings. The van der Waals surface area contributed by atoms with Crippen LogP contribution in [0.5, 0.6) is 0 Å². The fraction of sp³-hybridized carbons (Fsp3) is 0.455. The summed E-state index contributed by atoms with van der Waals surface area (Å²) in [6.45, 7) is 5.01. The summed E-state index contributed by atoms with van der Waals surface area (Å²) < 4.78 is 4.65. The monoisotopic (exact) mass is 256 g/mol. The lowest BCUT2D eigenvalue weighted by Gasteiger charge is -2.18. The van der Waals surface area contributed by atoms with Gasteiger partial charge in [0, 0.05) is 0 Å². The van der Waals surface area contributed by atoms with Crippen molar-refractivity contribution in [1.29, 1.82) is 0 Å². The number of anilines is 1. The molecule has 1 aromatic heterocycles. The van der Waals surface area contributed by atoms with Crippen LogP contribution < -0.4 is 11.1 Å². The molecule has 0 fully saturated rings. The molecule has 1 rings (SSSR count). The Morgan fingerprint density at radius 3 is 2.53 bits per heavy atom. The Hall–Kier alpha value is -1.40. The highest BCUT2D eigenvalue weighted by Crippen LogP contribution is 2.28. The number of esters is 1. The van der Waals surface area contributed by atoms with Gasteiger partial charge in [-0.3, -0.25) is 4.79 Å². The summed E-state index contributed by atoms with van der Waals surface area (Å²) in [4.78, 5) is 23.6. The second-order valence-corrected chi connectivity index (χ2v) is 5.17. The van der Waals surface area contributed by atoms with Gasteiger partial charge in [0.2, 0.25) is 5.91 Å². The third-order valence-corrected chi connectivity index (χ3v) is 3.25. The first kappa shape index (κ1) is 13.7.